The molecule has 2 spiro atoms. The largest absolute Gasteiger partial charge is 0.504 e. The number of esters is 2. The van der Waals surface area contributed by atoms with Crippen molar-refractivity contribution in [2.75, 3.05) is 107 Å². The Balaban J connectivity index is 0.000000170. The number of benzene rings is 6. The highest BCUT2D eigenvalue weighted by Crippen LogP contribution is 2.68. The smallest absolute Gasteiger partial charge is 0.331 e. The molecule has 14 heterocycles. The average molecular weight is 1540 g/mol. The maximum absolute atomic E-state index is 14.8. The fourth-order valence-electron chi connectivity index (χ4n) is 20.3. The number of rotatable bonds is 8. The summed E-state index contributed by atoms with van der Waals surface area (Å²) in [4.78, 5) is 38.2. The van der Waals surface area contributed by atoms with Crippen LogP contribution in [0.2, 0.25) is 0 Å². The van der Waals surface area contributed by atoms with E-state index >= 15 is 0 Å². The van der Waals surface area contributed by atoms with Crippen molar-refractivity contribution in [3.05, 3.63) is 125 Å². The number of methoxy groups -OCH3 is 4. The summed E-state index contributed by atoms with van der Waals surface area (Å²) in [5, 5.41) is 75.5. The molecule has 28 heteroatoms. The summed E-state index contributed by atoms with van der Waals surface area (Å²) in [7, 11) is 10.2. The second-order valence-corrected chi connectivity index (χ2v) is 32.0. The number of hydrogen-bond donors (Lipinski definition) is 7. The van der Waals surface area contributed by atoms with E-state index in [0.717, 1.165) is 77.9 Å². The first-order chi connectivity index (χ1) is 51.6. The highest BCUT2D eigenvalue weighted by Gasteiger charge is 2.65. The van der Waals surface area contributed by atoms with Crippen LogP contribution < -0.4 is 58.0 Å². The molecule has 7 N–H and O–H groups in total. The van der Waals surface area contributed by atoms with E-state index in [-0.39, 0.29) is 106 Å². The van der Waals surface area contributed by atoms with Crippen LogP contribution in [-0.4, -0.2) is 201 Å². The molecule has 14 aliphatic rings. The lowest BCUT2D eigenvalue weighted by atomic mass is 9.71. The minimum absolute atomic E-state index is 0. The zero-order valence-corrected chi connectivity index (χ0v) is 63.4. The van der Waals surface area contributed by atoms with Crippen LogP contribution in [0.4, 0.5) is 0 Å². The number of nitriles is 1. The van der Waals surface area contributed by atoms with Gasteiger partial charge >= 0.3 is 11.9 Å². The lowest BCUT2D eigenvalue weighted by Crippen LogP contribution is -2.70. The average Bonchev–Trinajstić information content (AvgIpc) is 1.50. The van der Waals surface area contributed by atoms with E-state index in [2.05, 4.69) is 48.4 Å². The molecular formula is C81H97N7O19S2. The topological polar surface area (TPSA) is 307 Å². The van der Waals surface area contributed by atoms with Crippen molar-refractivity contribution in [1.82, 2.24) is 30.2 Å². The number of aliphatic hydroxyl groups is 1. The van der Waals surface area contributed by atoms with Crippen molar-refractivity contribution >= 4 is 35.5 Å². The Kier molecular flexibility index (Phi) is 19.7. The number of aromatic hydroxyl groups is 4. The predicted octanol–water partition coefficient (Wildman–Crippen LogP) is 9.62. The van der Waals surface area contributed by atoms with Crippen LogP contribution >= 0.6 is 23.5 Å². The van der Waals surface area contributed by atoms with E-state index in [9.17, 15) is 40.4 Å². The summed E-state index contributed by atoms with van der Waals surface area (Å²) < 4.78 is 73.3. The Hall–Kier alpha value is -8.63. The molecule has 8 bridgehead atoms. The van der Waals surface area contributed by atoms with Crippen LogP contribution in [-0.2, 0) is 55.8 Å². The Bertz CT molecular complexity index is 4770. The maximum Gasteiger partial charge on any atom is 0.331 e. The second kappa shape index (κ2) is 28.3. The molecule has 0 radical (unpaired) electrons. The summed E-state index contributed by atoms with van der Waals surface area (Å²) in [5.41, 5.74) is 10.6. The Morgan fingerprint density at radius 3 is 1.40 bits per heavy atom. The van der Waals surface area contributed by atoms with Crippen molar-refractivity contribution < 1.29 is 92.0 Å². The number of likely N-dealkylation sites (N-methyl/N-ethyl adjacent to an activating group) is 2. The van der Waals surface area contributed by atoms with Gasteiger partial charge in [0.1, 0.15) is 37.0 Å². The number of carbonyl (C=O) groups is 2. The molecule has 14 atom stereocenters. The minimum Gasteiger partial charge on any atom is -0.504 e. The van der Waals surface area contributed by atoms with Gasteiger partial charge in [-0.3, -0.25) is 30.2 Å². The first kappa shape index (κ1) is 75.8. The molecule has 6 aromatic rings. The number of thioether (sulfide) groups is 2. The van der Waals surface area contributed by atoms with E-state index in [1.165, 1.54) is 14.2 Å². The van der Waals surface area contributed by atoms with Gasteiger partial charge in [0.15, 0.2) is 80.1 Å². The normalized spacial score (nSPS) is 29.0. The monoisotopic (exact) mass is 1540 g/mol. The lowest BCUT2D eigenvalue weighted by molar-refractivity contribution is -0.186. The number of fused-ring (bicyclic) bond motifs is 18. The number of nitrogens with one attached hydrogen (secondary N) is 2. The molecule has 0 amide bonds. The van der Waals surface area contributed by atoms with Crippen molar-refractivity contribution in [2.24, 2.45) is 0 Å². The Morgan fingerprint density at radius 1 is 0.550 bits per heavy atom. The van der Waals surface area contributed by atoms with Gasteiger partial charge in [-0.1, -0.05) is 27.0 Å². The molecule has 6 aromatic carbocycles. The van der Waals surface area contributed by atoms with Crippen LogP contribution in [0.1, 0.15) is 152 Å². The van der Waals surface area contributed by atoms with Gasteiger partial charge in [0, 0.05) is 87.2 Å². The van der Waals surface area contributed by atoms with Crippen LogP contribution in [0, 0.1) is 39.0 Å². The molecule has 2 unspecified atom stereocenters. The lowest BCUT2D eigenvalue weighted by Gasteiger charge is -2.62. The summed E-state index contributed by atoms with van der Waals surface area (Å²) in [6, 6.07) is 9.56. The second-order valence-electron chi connectivity index (χ2n) is 29.7. The zero-order valence-electron chi connectivity index (χ0n) is 61.8. The highest BCUT2D eigenvalue weighted by molar-refractivity contribution is 7.99. The quantitative estimate of drug-likeness (QED) is 0.0697. The molecule has 0 aromatic heterocycles. The van der Waals surface area contributed by atoms with Gasteiger partial charge in [0.25, 0.3) is 0 Å². The van der Waals surface area contributed by atoms with E-state index in [0.29, 0.717) is 109 Å². The molecule has 26 nitrogen and oxygen atoms in total. The number of phenols is 4. The number of phenolic OH excluding ortho intramolecular Hbond substituents is 4. The third-order valence-corrected chi connectivity index (χ3v) is 27.7. The van der Waals surface area contributed by atoms with Crippen LogP contribution in [0.3, 0.4) is 0 Å². The standard InChI is InChI=1S/C40H44N4O9S.C39H45N3O10S.2CH4/c1-7-50-35-19(3)36-37(53-17-52-36)29-25-15-51-39(47)40(22-13-27(48-5)26(45)12-20(22)8-9-42-40)16-54-38(30(29)35)32-31-28-21(10-18(2)34(49-6)33(28)46)11-23(43(31)4)24(14-41)44(25)32;1-7-49-33-18(3)34-35(52-16-51-34)27-23-14-50-38(46)39(21-13-25(47-5)24(43)12-19(21)8-9-40-39)15-53-36(28(27)33)30-29-26-20(10-17(2)32(48-6)31(26)44)11-22(41(29)4)37(45)42(23)30;;/h10,12-13,23-25,31-32,38,42,45-46H,7-9,11,15-17H2,1-6H3;10,12-13,22-23,29-30,36-37,40,43-45H,7-9,11,14-16H2,1-6H3;2*1H4/t23-,24-,25-,31+,32?,38+,40+;22-,23-,29+,30?,36+,37-,39+;;/m00../s1. The van der Waals surface area contributed by atoms with Gasteiger partial charge < -0.3 is 82.4 Å². The molecule has 14 aliphatic heterocycles. The fourth-order valence-corrected chi connectivity index (χ4v) is 23.7. The van der Waals surface area contributed by atoms with Gasteiger partial charge in [0.2, 0.25) is 13.6 Å². The van der Waals surface area contributed by atoms with Crippen LogP contribution in [0.25, 0.3) is 0 Å². The van der Waals surface area contributed by atoms with E-state index < -0.39 is 76.0 Å². The third kappa shape index (κ3) is 10.8. The van der Waals surface area contributed by atoms with Gasteiger partial charge in [-0.05, 0) is 150 Å². The summed E-state index contributed by atoms with van der Waals surface area (Å²) >= 11 is 3.17. The number of aryl methyl sites for hydroxylation is 2. The minimum atomic E-state index is -1.29. The molecule has 0 aliphatic carbocycles. The number of piperazine rings is 2. The number of nitrogens with zero attached hydrogens (tertiary/aromatic N) is 5. The predicted molar refractivity (Wildman–Crippen MR) is 406 cm³/mol. The first-order valence-corrected chi connectivity index (χ1v) is 38.7. The van der Waals surface area contributed by atoms with Gasteiger partial charge in [-0.2, -0.15) is 5.26 Å². The Labute approximate surface area is 643 Å². The highest BCUT2D eigenvalue weighted by atomic mass is 32.2. The van der Waals surface area contributed by atoms with Crippen molar-refractivity contribution in [3.8, 4) is 86.6 Å². The molecule has 20 rings (SSSR count). The number of hydrogen-bond acceptors (Lipinski definition) is 28. The summed E-state index contributed by atoms with van der Waals surface area (Å²) in [6.45, 7) is 13.3. The number of aliphatic hydroxyl groups excluding tert-OH is 1. The van der Waals surface area contributed by atoms with Crippen molar-refractivity contribution in [3.63, 3.8) is 0 Å². The zero-order chi connectivity index (χ0) is 74.9. The number of ether oxygens (including phenoxy) is 12. The molecule has 0 saturated carbocycles. The van der Waals surface area contributed by atoms with Crippen LogP contribution in [0.15, 0.2) is 36.4 Å². The van der Waals surface area contributed by atoms with E-state index in [1.807, 2.05) is 55.6 Å². The van der Waals surface area contributed by atoms with E-state index in [1.54, 1.807) is 62.0 Å². The van der Waals surface area contributed by atoms with Gasteiger partial charge in [0.05, 0.1) is 88.4 Å². The van der Waals surface area contributed by atoms with Crippen molar-refractivity contribution in [1.29, 1.82) is 5.26 Å². The molecule has 109 heavy (non-hydrogen) atoms. The third-order valence-electron chi connectivity index (χ3n) is 24.8. The fraction of sp³-hybridized carbons (Fsp3) is 0.519. The number of carbonyl (C=O) groups excluding carboxylic acids is 2. The summed E-state index contributed by atoms with van der Waals surface area (Å²) in [5.74, 6) is 4.84. The maximum atomic E-state index is 14.8. The molecule has 4 fully saturated rings. The van der Waals surface area contributed by atoms with Gasteiger partial charge in [-0.25, -0.2) is 9.59 Å². The van der Waals surface area contributed by atoms with Crippen molar-refractivity contribution in [2.45, 2.75) is 164 Å². The summed E-state index contributed by atoms with van der Waals surface area (Å²) in [6.07, 6.45) is 1.27. The molecule has 4 saturated heterocycles. The van der Waals surface area contributed by atoms with E-state index in [4.69, 9.17) is 56.8 Å². The molecular weight excluding hydrogens is 1440 g/mol. The Morgan fingerprint density at radius 2 is 0.972 bits per heavy atom. The molecule has 582 valence electrons. The SMILES string of the molecule is C.C.CCOc1c(C)c2c(c3c1[C@H]1SC[C@]4(NCCc5cc(O)c(OC)cc54)C(=O)OC[C@@H]3N3C1[C@H]1c4c(cc(C)c(OC)c4O)C[C@@H]([C@@H]3C#N)N1C)OCO2.CCOc1c(C)c2c(c3c1[C@H]1SC[C@]4(NCCc5cc(O)c(OC)cc54)C(=O)OC[C@@H]3N3C1[C@H]1c4c(cc(C)c(OC)c4O)C[C@@H]([C@@H]3O)N1C)OCO2. The van der Waals surface area contributed by atoms with Gasteiger partial charge in [-0.15, -0.1) is 23.5 Å². The van der Waals surface area contributed by atoms with Crippen LogP contribution in [0.5, 0.6) is 80.5 Å². The first-order valence-electron chi connectivity index (χ1n) is 36.6.